The maximum absolute atomic E-state index is 13.6. The molecular formula is C26H22N4O7. The second-order valence-electron chi connectivity index (χ2n) is 8.27. The predicted molar refractivity (Wildman–Crippen MR) is 132 cm³/mol. The van der Waals surface area contributed by atoms with Gasteiger partial charge in [-0.15, -0.1) is 0 Å². The van der Waals surface area contributed by atoms with E-state index in [0.29, 0.717) is 5.56 Å². The summed E-state index contributed by atoms with van der Waals surface area (Å²) in [5, 5.41) is 40.2. The molecule has 1 atom stereocenters. The zero-order valence-corrected chi connectivity index (χ0v) is 19.2. The van der Waals surface area contributed by atoms with Crippen molar-refractivity contribution >= 4 is 28.5 Å². The van der Waals surface area contributed by atoms with E-state index in [1.165, 1.54) is 66.7 Å². The number of phenolic OH excluding ortho intramolecular Hbond substituents is 3. The molecule has 11 nitrogen and oxygen atoms in total. The third-order valence-corrected chi connectivity index (χ3v) is 5.70. The third kappa shape index (κ3) is 4.97. The Bertz CT molecular complexity index is 1520. The molecule has 8 N–H and O–H groups in total. The summed E-state index contributed by atoms with van der Waals surface area (Å²) in [6, 6.07) is 16.5. The van der Waals surface area contributed by atoms with Crippen molar-refractivity contribution in [3.8, 4) is 23.0 Å². The molecule has 0 aliphatic carbocycles. The Kier molecular flexibility index (Phi) is 6.63. The lowest BCUT2D eigenvalue weighted by Crippen LogP contribution is -2.63. The van der Waals surface area contributed by atoms with Crippen molar-refractivity contribution in [2.45, 2.75) is 12.0 Å². The average molecular weight is 502 g/mol. The molecule has 0 aliphatic heterocycles. The minimum atomic E-state index is -2.36. The number of rotatable bonds is 6. The Hall–Kier alpha value is -5.16. The maximum Gasteiger partial charge on any atom is 0.273 e. The number of carbonyl (C=O) groups excluding carboxylic acids is 3. The van der Waals surface area contributed by atoms with E-state index in [-0.39, 0.29) is 45.9 Å². The summed E-state index contributed by atoms with van der Waals surface area (Å²) in [7, 11) is 0. The highest BCUT2D eigenvalue weighted by molar-refractivity contribution is 6.18. The van der Waals surface area contributed by atoms with Crippen LogP contribution < -0.4 is 16.6 Å². The summed E-state index contributed by atoms with van der Waals surface area (Å²) >= 11 is 0. The van der Waals surface area contributed by atoms with Gasteiger partial charge >= 0.3 is 0 Å². The molecule has 0 spiro atoms. The van der Waals surface area contributed by atoms with Crippen LogP contribution in [0.15, 0.2) is 72.8 Å². The third-order valence-electron chi connectivity index (χ3n) is 5.70. The number of fused-ring (bicyclic) bond motifs is 1. The molecule has 188 valence electrons. The number of phenols is 3. The lowest BCUT2D eigenvalue weighted by Gasteiger charge is -2.27. The molecule has 37 heavy (non-hydrogen) atoms. The first-order valence-corrected chi connectivity index (χ1v) is 10.9. The molecule has 4 rings (SSSR count). The number of carbonyl (C=O) groups is 3. The van der Waals surface area contributed by atoms with Crippen molar-refractivity contribution in [3.05, 3.63) is 89.6 Å². The molecular weight excluding hydrogens is 480 g/mol. The lowest BCUT2D eigenvalue weighted by molar-refractivity contribution is -0.125. The standard InChI is InChI=1S/C26H22N4O7/c27-26(13-14-8-10-15(31)11-9-14,25(37)30-29-24(36)17-4-1-2-6-19(17)32)23(35)18-12-21(34)16-5-3-7-20(33)22(16)28-18/h1-12,31-33H,13,27H2,(H,28,34)(H,29,36)(H,30,37)/t26-/m1/s1. The Morgan fingerprint density at radius 1 is 0.811 bits per heavy atom. The highest BCUT2D eigenvalue weighted by Gasteiger charge is 2.44. The second kappa shape index (κ2) is 9.84. The van der Waals surface area contributed by atoms with Gasteiger partial charge in [0, 0.05) is 17.9 Å². The first-order valence-electron chi connectivity index (χ1n) is 10.9. The molecule has 0 radical (unpaired) electrons. The van der Waals surface area contributed by atoms with E-state index in [0.717, 1.165) is 6.07 Å². The van der Waals surface area contributed by atoms with E-state index in [9.17, 15) is 34.8 Å². The number of benzene rings is 3. The largest absolute Gasteiger partial charge is 0.508 e. The smallest absolute Gasteiger partial charge is 0.273 e. The molecule has 0 bridgehead atoms. The number of Topliss-reactive ketones (excluding diaryl/α,β-unsaturated/α-hetero) is 1. The first kappa shape index (κ1) is 24.9. The van der Waals surface area contributed by atoms with Crippen LogP contribution in [0.25, 0.3) is 10.9 Å². The monoisotopic (exact) mass is 502 g/mol. The number of ketones is 1. The van der Waals surface area contributed by atoms with Gasteiger partial charge in [0.25, 0.3) is 11.8 Å². The topological polar surface area (TPSA) is 195 Å². The van der Waals surface area contributed by atoms with Crippen LogP contribution in [0, 0.1) is 0 Å². The molecule has 11 heteroatoms. The SMILES string of the molecule is N[C@@](Cc1ccc(O)cc1)(C(=O)NNC(=O)c1ccccc1O)C(=O)c1cc(O)c2cccc(O)c2n1. The van der Waals surface area contributed by atoms with E-state index in [2.05, 4.69) is 15.8 Å². The fourth-order valence-corrected chi connectivity index (χ4v) is 3.72. The summed E-state index contributed by atoms with van der Waals surface area (Å²) in [5.74, 6) is -4.05. The van der Waals surface area contributed by atoms with E-state index in [1.807, 2.05) is 0 Å². The van der Waals surface area contributed by atoms with Crippen molar-refractivity contribution in [2.24, 2.45) is 5.73 Å². The van der Waals surface area contributed by atoms with E-state index < -0.39 is 28.8 Å². The highest BCUT2D eigenvalue weighted by Crippen LogP contribution is 2.31. The number of aromatic hydroxyl groups is 4. The van der Waals surface area contributed by atoms with Crippen LogP contribution >= 0.6 is 0 Å². The summed E-state index contributed by atoms with van der Waals surface area (Å²) in [6.07, 6.45) is -0.383. The van der Waals surface area contributed by atoms with Crippen LogP contribution in [0.1, 0.15) is 26.4 Å². The Morgan fingerprint density at radius 3 is 2.19 bits per heavy atom. The number of hydrogen-bond donors (Lipinski definition) is 7. The van der Waals surface area contributed by atoms with E-state index in [4.69, 9.17) is 5.73 Å². The summed E-state index contributed by atoms with van der Waals surface area (Å²) in [4.78, 5) is 43.4. The van der Waals surface area contributed by atoms with E-state index >= 15 is 0 Å². The number of amides is 2. The van der Waals surface area contributed by atoms with Crippen LogP contribution in [0.2, 0.25) is 0 Å². The normalized spacial score (nSPS) is 12.5. The quantitative estimate of drug-likeness (QED) is 0.116. The second-order valence-corrected chi connectivity index (χ2v) is 8.27. The van der Waals surface area contributed by atoms with Gasteiger partial charge < -0.3 is 26.2 Å². The van der Waals surface area contributed by atoms with Gasteiger partial charge in [0.15, 0.2) is 5.54 Å². The molecule has 3 aromatic carbocycles. The number of para-hydroxylation sites is 2. The van der Waals surface area contributed by atoms with Gasteiger partial charge in [-0.3, -0.25) is 25.2 Å². The Labute approximate surface area is 209 Å². The van der Waals surface area contributed by atoms with E-state index in [1.54, 1.807) is 0 Å². The van der Waals surface area contributed by atoms with Gasteiger partial charge in [-0.05, 0) is 42.0 Å². The zero-order chi connectivity index (χ0) is 26.7. The number of aromatic nitrogens is 1. The number of hydrogen-bond acceptors (Lipinski definition) is 9. The molecule has 4 aromatic rings. The number of nitrogens with one attached hydrogen (secondary N) is 2. The van der Waals surface area contributed by atoms with Crippen molar-refractivity contribution in [1.82, 2.24) is 15.8 Å². The average Bonchev–Trinajstić information content (AvgIpc) is 2.88. The Morgan fingerprint density at radius 2 is 1.49 bits per heavy atom. The van der Waals surface area contributed by atoms with Crippen molar-refractivity contribution in [1.29, 1.82) is 0 Å². The molecule has 2 amide bonds. The fourth-order valence-electron chi connectivity index (χ4n) is 3.72. The minimum absolute atomic E-state index is 0.0475. The van der Waals surface area contributed by atoms with Gasteiger partial charge in [0.1, 0.15) is 34.2 Å². The molecule has 0 fully saturated rings. The molecule has 1 heterocycles. The molecule has 0 saturated carbocycles. The van der Waals surface area contributed by atoms with Gasteiger partial charge in [-0.25, -0.2) is 4.98 Å². The van der Waals surface area contributed by atoms with Gasteiger partial charge in [0.05, 0.1) is 5.56 Å². The molecule has 0 aliphatic rings. The molecule has 0 unspecified atom stereocenters. The summed E-state index contributed by atoms with van der Waals surface area (Å²) in [5.41, 5.74) is 8.01. The number of nitrogens with zero attached hydrogens (tertiary/aromatic N) is 1. The van der Waals surface area contributed by atoms with Crippen molar-refractivity contribution < 1.29 is 34.8 Å². The summed E-state index contributed by atoms with van der Waals surface area (Å²) < 4.78 is 0. The first-order chi connectivity index (χ1) is 17.6. The van der Waals surface area contributed by atoms with Crippen molar-refractivity contribution in [3.63, 3.8) is 0 Å². The van der Waals surface area contributed by atoms with Gasteiger partial charge in [-0.2, -0.15) is 0 Å². The highest BCUT2D eigenvalue weighted by atomic mass is 16.3. The minimum Gasteiger partial charge on any atom is -0.508 e. The predicted octanol–water partition coefficient (Wildman–Crippen LogP) is 1.64. The van der Waals surface area contributed by atoms with Crippen molar-refractivity contribution in [2.75, 3.05) is 0 Å². The fraction of sp³-hybridized carbons (Fsp3) is 0.0769. The molecule has 1 aromatic heterocycles. The number of hydrazine groups is 1. The molecule has 0 saturated heterocycles. The Balaban J connectivity index is 1.69. The lowest BCUT2D eigenvalue weighted by atomic mass is 9.85. The van der Waals surface area contributed by atoms with Gasteiger partial charge in [-0.1, -0.05) is 30.3 Å². The zero-order valence-electron chi connectivity index (χ0n) is 19.2. The summed E-state index contributed by atoms with van der Waals surface area (Å²) in [6.45, 7) is 0. The van der Waals surface area contributed by atoms with Gasteiger partial charge in [0.2, 0.25) is 5.78 Å². The van der Waals surface area contributed by atoms with Crippen LogP contribution in [0.4, 0.5) is 0 Å². The van der Waals surface area contributed by atoms with Crippen LogP contribution in [0.5, 0.6) is 23.0 Å². The van der Waals surface area contributed by atoms with Crippen LogP contribution in [-0.2, 0) is 11.2 Å². The number of pyridine rings is 1. The number of nitrogens with two attached hydrogens (primary N) is 1. The maximum atomic E-state index is 13.6. The van der Waals surface area contributed by atoms with Crippen LogP contribution in [0.3, 0.4) is 0 Å². The van der Waals surface area contributed by atoms with Crippen LogP contribution in [-0.4, -0.2) is 48.5 Å².